The Morgan fingerprint density at radius 1 is 1.53 bits per heavy atom. The highest BCUT2D eigenvalue weighted by Gasteiger charge is 2.12. The second-order valence-electron chi connectivity index (χ2n) is 3.19. The van der Waals surface area contributed by atoms with Gasteiger partial charge in [-0.05, 0) is 34.0 Å². The number of halogens is 1. The van der Waals surface area contributed by atoms with Crippen LogP contribution < -0.4 is 4.74 Å². The molecular weight excluding hydrogens is 260 g/mol. The average Bonchev–Trinajstić information content (AvgIpc) is 2.16. The third-order valence-electron chi connectivity index (χ3n) is 2.13. The lowest BCUT2D eigenvalue weighted by Gasteiger charge is -2.11. The molecule has 1 aromatic rings. The average molecular weight is 273 g/mol. The Morgan fingerprint density at radius 2 is 2.20 bits per heavy atom. The third-order valence-corrected chi connectivity index (χ3v) is 2.72. The molecule has 0 aliphatic rings. The van der Waals surface area contributed by atoms with Gasteiger partial charge >= 0.3 is 5.97 Å². The summed E-state index contributed by atoms with van der Waals surface area (Å²) in [5.41, 5.74) is 1.80. The summed E-state index contributed by atoms with van der Waals surface area (Å²) in [4.78, 5) is 10.7. The molecule has 0 unspecified atom stereocenters. The molecule has 0 fully saturated rings. The molecule has 0 bridgehead atoms. The summed E-state index contributed by atoms with van der Waals surface area (Å²) in [6, 6.07) is 3.82. The van der Waals surface area contributed by atoms with Crippen molar-refractivity contribution < 1.29 is 14.6 Å². The summed E-state index contributed by atoms with van der Waals surface area (Å²) >= 11 is 3.37. The highest BCUT2D eigenvalue weighted by molar-refractivity contribution is 9.10. The smallest absolute Gasteiger partial charge is 0.307 e. The molecule has 0 radical (unpaired) electrons. The SMILES string of the molecule is CCc1cc(Br)c(OC)c(CC(=O)O)c1. The summed E-state index contributed by atoms with van der Waals surface area (Å²) in [5.74, 6) is -0.247. The van der Waals surface area contributed by atoms with Crippen LogP contribution in [-0.2, 0) is 17.6 Å². The maximum absolute atomic E-state index is 10.7. The molecule has 0 spiro atoms. The summed E-state index contributed by atoms with van der Waals surface area (Å²) in [5, 5.41) is 8.77. The van der Waals surface area contributed by atoms with Gasteiger partial charge in [0.05, 0.1) is 18.0 Å². The van der Waals surface area contributed by atoms with Crippen molar-refractivity contribution in [3.8, 4) is 5.75 Å². The molecule has 0 saturated carbocycles. The molecule has 0 heterocycles. The van der Waals surface area contributed by atoms with E-state index in [0.29, 0.717) is 11.3 Å². The number of hydrogen-bond acceptors (Lipinski definition) is 2. The van der Waals surface area contributed by atoms with Crippen molar-refractivity contribution in [2.45, 2.75) is 19.8 Å². The Hall–Kier alpha value is -1.03. The molecule has 1 N–H and O–H groups in total. The van der Waals surface area contributed by atoms with Crippen molar-refractivity contribution in [3.05, 3.63) is 27.7 Å². The first-order valence-corrected chi connectivity index (χ1v) is 5.44. The number of hydrogen-bond donors (Lipinski definition) is 1. The molecule has 1 aromatic carbocycles. The van der Waals surface area contributed by atoms with E-state index in [-0.39, 0.29) is 6.42 Å². The van der Waals surface area contributed by atoms with Gasteiger partial charge in [-0.2, -0.15) is 0 Å². The normalized spacial score (nSPS) is 10.1. The second kappa shape index (κ2) is 5.16. The van der Waals surface area contributed by atoms with Gasteiger partial charge in [-0.25, -0.2) is 0 Å². The third kappa shape index (κ3) is 2.96. The van der Waals surface area contributed by atoms with E-state index in [2.05, 4.69) is 15.9 Å². The zero-order valence-electron chi connectivity index (χ0n) is 8.71. The minimum Gasteiger partial charge on any atom is -0.495 e. The van der Waals surface area contributed by atoms with Crippen LogP contribution >= 0.6 is 15.9 Å². The van der Waals surface area contributed by atoms with Crippen LogP contribution in [0.4, 0.5) is 0 Å². The molecule has 0 aliphatic carbocycles. The van der Waals surface area contributed by atoms with Gasteiger partial charge in [0.15, 0.2) is 0 Å². The van der Waals surface area contributed by atoms with E-state index < -0.39 is 5.97 Å². The first-order chi connectivity index (χ1) is 7.08. The van der Waals surface area contributed by atoms with Crippen LogP contribution in [0.1, 0.15) is 18.1 Å². The van der Waals surface area contributed by atoms with Crippen molar-refractivity contribution >= 4 is 21.9 Å². The van der Waals surface area contributed by atoms with Gasteiger partial charge in [0.2, 0.25) is 0 Å². The number of aliphatic carboxylic acids is 1. The molecule has 4 heteroatoms. The first kappa shape index (κ1) is 12.0. The largest absolute Gasteiger partial charge is 0.495 e. The van der Waals surface area contributed by atoms with Gasteiger partial charge < -0.3 is 9.84 Å². The minimum absolute atomic E-state index is 0.0182. The van der Waals surface area contributed by atoms with E-state index in [1.54, 1.807) is 0 Å². The van der Waals surface area contributed by atoms with Crippen LogP contribution in [0.3, 0.4) is 0 Å². The number of aryl methyl sites for hydroxylation is 1. The van der Waals surface area contributed by atoms with E-state index in [9.17, 15) is 4.79 Å². The number of benzene rings is 1. The fraction of sp³-hybridized carbons (Fsp3) is 0.364. The molecular formula is C11H13BrO3. The predicted molar refractivity (Wildman–Crippen MR) is 61.4 cm³/mol. The summed E-state index contributed by atoms with van der Waals surface area (Å²) < 4.78 is 5.97. The van der Waals surface area contributed by atoms with Crippen molar-refractivity contribution in [1.82, 2.24) is 0 Å². The maximum atomic E-state index is 10.7. The minimum atomic E-state index is -0.853. The van der Waals surface area contributed by atoms with Crippen molar-refractivity contribution in [3.63, 3.8) is 0 Å². The van der Waals surface area contributed by atoms with E-state index in [1.165, 1.54) is 7.11 Å². The van der Waals surface area contributed by atoms with E-state index in [0.717, 1.165) is 16.5 Å². The van der Waals surface area contributed by atoms with E-state index in [4.69, 9.17) is 9.84 Å². The highest BCUT2D eigenvalue weighted by Crippen LogP contribution is 2.31. The van der Waals surface area contributed by atoms with Crippen LogP contribution in [0.2, 0.25) is 0 Å². The Balaban J connectivity index is 3.19. The van der Waals surface area contributed by atoms with Crippen LogP contribution in [0, 0.1) is 0 Å². The van der Waals surface area contributed by atoms with Gasteiger partial charge in [0.1, 0.15) is 5.75 Å². The number of ether oxygens (including phenoxy) is 1. The van der Waals surface area contributed by atoms with E-state index >= 15 is 0 Å². The molecule has 0 aromatic heterocycles. The Kier molecular flexibility index (Phi) is 4.15. The zero-order chi connectivity index (χ0) is 11.4. The lowest BCUT2D eigenvalue weighted by atomic mass is 10.1. The molecule has 82 valence electrons. The molecule has 0 aliphatic heterocycles. The number of methoxy groups -OCH3 is 1. The van der Waals surface area contributed by atoms with Gasteiger partial charge in [0, 0.05) is 5.56 Å². The van der Waals surface area contributed by atoms with Crippen molar-refractivity contribution in [2.24, 2.45) is 0 Å². The molecule has 1 rings (SSSR count). The topological polar surface area (TPSA) is 46.5 Å². The molecule has 0 atom stereocenters. The molecule has 0 amide bonds. The zero-order valence-corrected chi connectivity index (χ0v) is 10.3. The summed E-state index contributed by atoms with van der Waals surface area (Å²) in [7, 11) is 1.54. The fourth-order valence-electron chi connectivity index (χ4n) is 1.44. The number of carbonyl (C=O) groups is 1. The van der Waals surface area contributed by atoms with Crippen LogP contribution in [0.5, 0.6) is 5.75 Å². The molecule has 15 heavy (non-hydrogen) atoms. The standard InChI is InChI=1S/C11H13BrO3/c1-3-7-4-8(6-10(13)14)11(15-2)9(12)5-7/h4-5H,3,6H2,1-2H3,(H,13,14). The van der Waals surface area contributed by atoms with Crippen LogP contribution in [0.15, 0.2) is 16.6 Å². The van der Waals surface area contributed by atoms with Crippen molar-refractivity contribution in [1.29, 1.82) is 0 Å². The lowest BCUT2D eigenvalue weighted by molar-refractivity contribution is -0.136. The molecule has 0 saturated heterocycles. The predicted octanol–water partition coefficient (Wildman–Crippen LogP) is 2.65. The number of carboxylic acid groups (broad SMARTS) is 1. The fourth-order valence-corrected chi connectivity index (χ4v) is 2.15. The lowest BCUT2D eigenvalue weighted by Crippen LogP contribution is -2.03. The first-order valence-electron chi connectivity index (χ1n) is 4.65. The van der Waals surface area contributed by atoms with E-state index in [1.807, 2.05) is 19.1 Å². The van der Waals surface area contributed by atoms with Crippen molar-refractivity contribution in [2.75, 3.05) is 7.11 Å². The van der Waals surface area contributed by atoms with Crippen LogP contribution in [-0.4, -0.2) is 18.2 Å². The number of rotatable bonds is 4. The van der Waals surface area contributed by atoms with Gasteiger partial charge in [-0.1, -0.05) is 13.0 Å². The van der Waals surface area contributed by atoms with Gasteiger partial charge in [0.25, 0.3) is 0 Å². The monoisotopic (exact) mass is 272 g/mol. The quantitative estimate of drug-likeness (QED) is 0.917. The Morgan fingerprint density at radius 3 is 2.67 bits per heavy atom. The maximum Gasteiger partial charge on any atom is 0.307 e. The van der Waals surface area contributed by atoms with Gasteiger partial charge in [-0.15, -0.1) is 0 Å². The van der Waals surface area contributed by atoms with Gasteiger partial charge in [-0.3, -0.25) is 4.79 Å². The highest BCUT2D eigenvalue weighted by atomic mass is 79.9. The van der Waals surface area contributed by atoms with Crippen LogP contribution in [0.25, 0.3) is 0 Å². The second-order valence-corrected chi connectivity index (χ2v) is 4.05. The Labute approximate surface area is 97.2 Å². The summed E-state index contributed by atoms with van der Waals surface area (Å²) in [6.45, 7) is 2.03. The molecule has 3 nitrogen and oxygen atoms in total. The summed E-state index contributed by atoms with van der Waals surface area (Å²) in [6.07, 6.45) is 0.852. The number of carboxylic acids is 1. The Bertz CT molecular complexity index is 374.